The molecule has 1 heterocycles. The van der Waals surface area contributed by atoms with Crippen molar-refractivity contribution >= 4 is 39.2 Å². The van der Waals surface area contributed by atoms with Crippen LogP contribution in [0.2, 0.25) is 0 Å². The van der Waals surface area contributed by atoms with E-state index in [1.165, 1.54) is 13.1 Å². The lowest BCUT2D eigenvalue weighted by Gasteiger charge is -2.21. The summed E-state index contributed by atoms with van der Waals surface area (Å²) in [6.45, 7) is -0.0589. The number of hydrogen-bond acceptors (Lipinski definition) is 6. The molecule has 0 amide bonds. The first-order valence-electron chi connectivity index (χ1n) is 9.64. The van der Waals surface area contributed by atoms with Crippen LogP contribution in [0.5, 0.6) is 0 Å². The largest absolute Gasteiger partial charge is 0.419 e. The van der Waals surface area contributed by atoms with Gasteiger partial charge in [0, 0.05) is 37.1 Å². The molecule has 0 unspecified atom stereocenters. The van der Waals surface area contributed by atoms with Gasteiger partial charge >= 0.3 is 6.18 Å². The number of rotatable bonds is 8. The van der Waals surface area contributed by atoms with Crippen LogP contribution in [0.1, 0.15) is 21.5 Å². The number of carbonyl (C=O) groups excluding carboxylic acids is 1. The molecule has 0 bridgehead atoms. The van der Waals surface area contributed by atoms with Crippen LogP contribution in [0.3, 0.4) is 0 Å². The van der Waals surface area contributed by atoms with Gasteiger partial charge in [-0.2, -0.15) is 13.2 Å². The lowest BCUT2D eigenvalue weighted by Crippen LogP contribution is -2.26. The average molecular weight is 478 g/mol. The molecule has 2 aromatic carbocycles. The number of carbonyl (C=O) groups is 1. The monoisotopic (exact) mass is 478 g/mol. The standard InChI is InChI=1S/C22H21F3N4O3S/c1-29(33(2,31)32)20-6-4-3-5-16(20)12-26-19-11-21(27-13-18(19)22(23,24)25)28-17-9-7-15(14-30)8-10-17/h3-11,13-14H,12H2,1-2H3,(H2,26,27,28). The Hall–Kier alpha value is -3.60. The number of anilines is 4. The topological polar surface area (TPSA) is 91.4 Å². The van der Waals surface area contributed by atoms with Crippen molar-refractivity contribution in [3.8, 4) is 0 Å². The van der Waals surface area contributed by atoms with Crippen LogP contribution in [-0.4, -0.2) is 33.0 Å². The summed E-state index contributed by atoms with van der Waals surface area (Å²) >= 11 is 0. The summed E-state index contributed by atoms with van der Waals surface area (Å²) in [7, 11) is -2.18. The number of pyridine rings is 1. The number of nitrogens with zero attached hydrogens (tertiary/aromatic N) is 2. The SMILES string of the molecule is CN(c1ccccc1CNc1cc(Nc2ccc(C=O)cc2)ncc1C(F)(F)F)S(C)(=O)=O. The van der Waals surface area contributed by atoms with Crippen molar-refractivity contribution < 1.29 is 26.4 Å². The number of alkyl halides is 3. The Labute approximate surface area is 189 Å². The highest BCUT2D eigenvalue weighted by Crippen LogP contribution is 2.36. The van der Waals surface area contributed by atoms with Gasteiger partial charge in [0.2, 0.25) is 10.0 Å². The fraction of sp³-hybridized carbons (Fsp3) is 0.182. The van der Waals surface area contributed by atoms with Gasteiger partial charge in [-0.25, -0.2) is 13.4 Å². The minimum Gasteiger partial charge on any atom is -0.380 e. The Balaban J connectivity index is 1.90. The van der Waals surface area contributed by atoms with Crippen molar-refractivity contribution in [3.63, 3.8) is 0 Å². The number of hydrogen-bond donors (Lipinski definition) is 2. The van der Waals surface area contributed by atoms with E-state index in [0.29, 0.717) is 28.8 Å². The number of nitrogens with one attached hydrogen (secondary N) is 2. The summed E-state index contributed by atoms with van der Waals surface area (Å²) < 4.78 is 65.6. The number of sulfonamides is 1. The second kappa shape index (κ2) is 9.49. The Morgan fingerprint density at radius 2 is 1.76 bits per heavy atom. The van der Waals surface area contributed by atoms with E-state index >= 15 is 0 Å². The molecule has 33 heavy (non-hydrogen) atoms. The van der Waals surface area contributed by atoms with Crippen LogP contribution in [0, 0.1) is 0 Å². The number of halogens is 3. The van der Waals surface area contributed by atoms with Crippen molar-refractivity contribution in [2.24, 2.45) is 0 Å². The van der Waals surface area contributed by atoms with Crippen LogP contribution < -0.4 is 14.9 Å². The predicted octanol–water partition coefficient (Wildman–Crippen LogP) is 4.66. The van der Waals surface area contributed by atoms with E-state index < -0.39 is 21.8 Å². The summed E-state index contributed by atoms with van der Waals surface area (Å²) in [5, 5.41) is 5.66. The molecule has 3 rings (SSSR count). The molecule has 3 aromatic rings. The molecule has 0 aliphatic heterocycles. The fourth-order valence-corrected chi connectivity index (χ4v) is 3.56. The van der Waals surface area contributed by atoms with Crippen molar-refractivity contribution in [3.05, 3.63) is 77.5 Å². The molecule has 0 fully saturated rings. The van der Waals surface area contributed by atoms with Crippen molar-refractivity contribution in [2.45, 2.75) is 12.7 Å². The quantitative estimate of drug-likeness (QED) is 0.458. The van der Waals surface area contributed by atoms with E-state index in [-0.39, 0.29) is 18.1 Å². The molecule has 174 valence electrons. The third-order valence-corrected chi connectivity index (χ3v) is 6.02. The summed E-state index contributed by atoms with van der Waals surface area (Å²) in [5.74, 6) is 0.158. The Kier molecular flexibility index (Phi) is 6.92. The van der Waals surface area contributed by atoms with Gasteiger partial charge in [0.25, 0.3) is 0 Å². The summed E-state index contributed by atoms with van der Waals surface area (Å²) in [4.78, 5) is 14.6. The molecule has 11 heteroatoms. The van der Waals surface area contributed by atoms with Gasteiger partial charge in [-0.3, -0.25) is 9.10 Å². The molecule has 0 saturated heterocycles. The Morgan fingerprint density at radius 1 is 1.09 bits per heavy atom. The Morgan fingerprint density at radius 3 is 2.36 bits per heavy atom. The lowest BCUT2D eigenvalue weighted by atomic mass is 10.1. The molecule has 0 radical (unpaired) electrons. The fourth-order valence-electron chi connectivity index (χ4n) is 3.03. The minimum atomic E-state index is -4.65. The zero-order valence-electron chi connectivity index (χ0n) is 17.7. The van der Waals surface area contributed by atoms with E-state index in [0.717, 1.165) is 16.8 Å². The maximum atomic E-state index is 13.6. The van der Waals surface area contributed by atoms with E-state index in [2.05, 4.69) is 15.6 Å². The highest BCUT2D eigenvalue weighted by Gasteiger charge is 2.34. The minimum absolute atomic E-state index is 0.0589. The van der Waals surface area contributed by atoms with Crippen molar-refractivity contribution in [1.29, 1.82) is 0 Å². The van der Waals surface area contributed by atoms with Gasteiger partial charge in [-0.1, -0.05) is 18.2 Å². The third kappa shape index (κ3) is 6.01. The van der Waals surface area contributed by atoms with Crippen molar-refractivity contribution in [1.82, 2.24) is 4.98 Å². The molecule has 7 nitrogen and oxygen atoms in total. The summed E-state index contributed by atoms with van der Waals surface area (Å²) in [6.07, 6.45) is -2.20. The highest BCUT2D eigenvalue weighted by molar-refractivity contribution is 7.92. The number of benzene rings is 2. The number of aldehydes is 1. The normalized spacial score (nSPS) is 11.7. The van der Waals surface area contributed by atoms with Gasteiger partial charge in [0.05, 0.1) is 23.2 Å². The first-order chi connectivity index (χ1) is 15.5. The molecule has 0 aliphatic carbocycles. The summed E-state index contributed by atoms with van der Waals surface area (Å²) in [6, 6.07) is 14.1. The molecule has 0 aliphatic rings. The van der Waals surface area contributed by atoms with E-state index in [4.69, 9.17) is 0 Å². The Bertz CT molecular complexity index is 1250. The number of aromatic nitrogens is 1. The van der Waals surface area contributed by atoms with Gasteiger partial charge in [0.15, 0.2) is 0 Å². The second-order valence-corrected chi connectivity index (χ2v) is 9.20. The van der Waals surface area contributed by atoms with Gasteiger partial charge in [-0.15, -0.1) is 0 Å². The predicted molar refractivity (Wildman–Crippen MR) is 121 cm³/mol. The zero-order chi connectivity index (χ0) is 24.2. The molecule has 0 atom stereocenters. The molecule has 0 spiro atoms. The average Bonchev–Trinajstić information content (AvgIpc) is 2.76. The molecule has 0 saturated carbocycles. The third-order valence-electron chi connectivity index (χ3n) is 4.83. The van der Waals surface area contributed by atoms with Gasteiger partial charge in [0.1, 0.15) is 12.1 Å². The first-order valence-corrected chi connectivity index (χ1v) is 11.5. The highest BCUT2D eigenvalue weighted by atomic mass is 32.2. The van der Waals surface area contributed by atoms with Crippen LogP contribution >= 0.6 is 0 Å². The lowest BCUT2D eigenvalue weighted by molar-refractivity contribution is -0.137. The first kappa shape index (κ1) is 24.1. The van der Waals surface area contributed by atoms with Gasteiger partial charge < -0.3 is 10.6 Å². The van der Waals surface area contributed by atoms with Crippen LogP contribution in [0.15, 0.2) is 60.8 Å². The zero-order valence-corrected chi connectivity index (χ0v) is 18.5. The number of para-hydroxylation sites is 1. The smallest absolute Gasteiger partial charge is 0.380 e. The maximum absolute atomic E-state index is 13.6. The van der Waals surface area contributed by atoms with E-state index in [1.54, 1.807) is 48.5 Å². The van der Waals surface area contributed by atoms with Crippen molar-refractivity contribution in [2.75, 3.05) is 28.2 Å². The van der Waals surface area contributed by atoms with Crippen LogP contribution in [0.25, 0.3) is 0 Å². The summed E-state index contributed by atoms with van der Waals surface area (Å²) in [5.41, 5.74) is 0.664. The molecular weight excluding hydrogens is 457 g/mol. The molecule has 1 aromatic heterocycles. The second-order valence-electron chi connectivity index (χ2n) is 7.19. The van der Waals surface area contributed by atoms with Crippen LogP contribution in [0.4, 0.5) is 36.1 Å². The maximum Gasteiger partial charge on any atom is 0.419 e. The van der Waals surface area contributed by atoms with Gasteiger partial charge in [-0.05, 0) is 35.9 Å². The molecular formula is C22H21F3N4O3S. The van der Waals surface area contributed by atoms with E-state index in [9.17, 15) is 26.4 Å². The molecule has 2 N–H and O–H groups in total. The van der Waals surface area contributed by atoms with E-state index in [1.807, 2.05) is 0 Å². The van der Waals surface area contributed by atoms with Crippen LogP contribution in [-0.2, 0) is 22.7 Å².